The smallest absolute Gasteiger partial charge is 0.323 e. The molecule has 3 N–H and O–H groups in total. The van der Waals surface area contributed by atoms with Gasteiger partial charge >= 0.3 is 6.03 Å². The van der Waals surface area contributed by atoms with Gasteiger partial charge in [0.15, 0.2) is 11.5 Å². The Morgan fingerprint density at radius 2 is 1.96 bits per heavy atom. The first-order valence-electron chi connectivity index (χ1n) is 9.26. The first-order chi connectivity index (χ1) is 13.7. The third-order valence-electron chi connectivity index (χ3n) is 4.62. The number of fused-ring (bicyclic) bond motifs is 1. The summed E-state index contributed by atoms with van der Waals surface area (Å²) in [5, 5.41) is 13.4. The van der Waals surface area contributed by atoms with Crippen molar-refractivity contribution in [3.63, 3.8) is 0 Å². The summed E-state index contributed by atoms with van der Waals surface area (Å²) in [5.74, 6) is 1.38. The summed E-state index contributed by atoms with van der Waals surface area (Å²) >= 11 is 0. The summed E-state index contributed by atoms with van der Waals surface area (Å²) < 4.78 is 10.8. The zero-order chi connectivity index (χ0) is 19.5. The third-order valence-corrected chi connectivity index (χ3v) is 4.62. The first-order valence-corrected chi connectivity index (χ1v) is 9.26. The molecular weight excluding hydrogens is 356 g/mol. The molecule has 0 saturated carbocycles. The summed E-state index contributed by atoms with van der Waals surface area (Å²) in [4.78, 5) is 12.7. The molecule has 3 aromatic rings. The van der Waals surface area contributed by atoms with Crippen molar-refractivity contribution in [3.8, 4) is 22.8 Å². The number of hydrogen-bond acceptors (Lipinski definition) is 4. The van der Waals surface area contributed by atoms with Crippen LogP contribution in [0, 0.1) is 6.92 Å². The number of rotatable bonds is 5. The van der Waals surface area contributed by atoms with Crippen LogP contribution in [0.4, 0.5) is 16.2 Å². The average molecular weight is 378 g/mol. The van der Waals surface area contributed by atoms with E-state index in [4.69, 9.17) is 9.47 Å². The van der Waals surface area contributed by atoms with Crippen LogP contribution in [0.3, 0.4) is 0 Å². The number of ether oxygens (including phenoxy) is 2. The summed E-state index contributed by atoms with van der Waals surface area (Å²) in [7, 11) is 0. The molecule has 4 rings (SSSR count). The third kappa shape index (κ3) is 3.51. The van der Waals surface area contributed by atoms with Crippen molar-refractivity contribution in [2.24, 2.45) is 0 Å². The van der Waals surface area contributed by atoms with Gasteiger partial charge in [-0.25, -0.2) is 4.79 Å². The minimum absolute atomic E-state index is 0.213. The van der Waals surface area contributed by atoms with Crippen LogP contribution in [0.2, 0.25) is 0 Å². The van der Waals surface area contributed by atoms with Gasteiger partial charge in [0.05, 0.1) is 11.4 Å². The molecule has 2 amide bonds. The van der Waals surface area contributed by atoms with E-state index in [0.717, 1.165) is 35.3 Å². The Balaban J connectivity index is 1.63. The number of aromatic nitrogens is 2. The number of H-pyrrole nitrogens is 1. The fourth-order valence-electron chi connectivity index (χ4n) is 3.18. The molecule has 0 spiro atoms. The van der Waals surface area contributed by atoms with Crippen LogP contribution >= 0.6 is 0 Å². The van der Waals surface area contributed by atoms with Gasteiger partial charge in [-0.15, -0.1) is 0 Å². The molecule has 0 atom stereocenters. The molecule has 2 aromatic carbocycles. The number of benzene rings is 2. The predicted molar refractivity (Wildman–Crippen MR) is 108 cm³/mol. The normalized spacial score (nSPS) is 12.1. The number of nitrogens with zero attached hydrogens (tertiary/aromatic N) is 1. The monoisotopic (exact) mass is 378 g/mol. The molecule has 2 heterocycles. The molecule has 7 heteroatoms. The lowest BCUT2D eigenvalue weighted by molar-refractivity contribution is 0.174. The Kier molecular flexibility index (Phi) is 4.89. The topological polar surface area (TPSA) is 88.3 Å². The lowest BCUT2D eigenvalue weighted by Crippen LogP contribution is -2.20. The van der Waals surface area contributed by atoms with Crippen LogP contribution in [0.25, 0.3) is 11.3 Å². The number of amides is 2. The Bertz CT molecular complexity index is 1010. The highest BCUT2D eigenvalue weighted by Gasteiger charge is 2.20. The number of anilines is 2. The molecule has 0 aliphatic carbocycles. The maximum atomic E-state index is 12.7. The molecule has 0 saturated heterocycles. The van der Waals surface area contributed by atoms with Crippen molar-refractivity contribution in [1.82, 2.24) is 10.2 Å². The summed E-state index contributed by atoms with van der Waals surface area (Å²) in [6, 6.07) is 13.0. The lowest BCUT2D eigenvalue weighted by atomic mass is 10.1. The maximum absolute atomic E-state index is 12.7. The van der Waals surface area contributed by atoms with Crippen molar-refractivity contribution >= 4 is 17.4 Å². The van der Waals surface area contributed by atoms with Crippen LogP contribution in [0.1, 0.15) is 24.6 Å². The number of carbonyl (C=O) groups is 1. The van der Waals surface area contributed by atoms with E-state index in [9.17, 15) is 4.79 Å². The van der Waals surface area contributed by atoms with Crippen molar-refractivity contribution in [2.75, 3.05) is 17.4 Å². The van der Waals surface area contributed by atoms with Crippen LogP contribution in [0.5, 0.6) is 11.5 Å². The van der Waals surface area contributed by atoms with Gasteiger partial charge in [0, 0.05) is 11.3 Å². The molecule has 0 unspecified atom stereocenters. The van der Waals surface area contributed by atoms with E-state index in [2.05, 4.69) is 27.8 Å². The maximum Gasteiger partial charge on any atom is 0.323 e. The molecule has 1 aliphatic heterocycles. The van der Waals surface area contributed by atoms with Gasteiger partial charge in [-0.2, -0.15) is 5.10 Å². The second kappa shape index (κ2) is 7.64. The van der Waals surface area contributed by atoms with Gasteiger partial charge in [-0.1, -0.05) is 31.5 Å². The number of nitrogens with one attached hydrogen (secondary N) is 3. The van der Waals surface area contributed by atoms with E-state index >= 15 is 0 Å². The molecule has 7 nitrogen and oxygen atoms in total. The van der Waals surface area contributed by atoms with Gasteiger partial charge in [-0.05, 0) is 43.2 Å². The number of para-hydroxylation sites is 1. The molecule has 28 heavy (non-hydrogen) atoms. The van der Waals surface area contributed by atoms with Crippen LogP contribution < -0.4 is 20.1 Å². The number of aryl methyl sites for hydroxylation is 2. The van der Waals surface area contributed by atoms with E-state index in [1.54, 1.807) is 0 Å². The van der Waals surface area contributed by atoms with Gasteiger partial charge in [0.2, 0.25) is 6.79 Å². The molecule has 1 aliphatic rings. The zero-order valence-electron chi connectivity index (χ0n) is 15.8. The van der Waals surface area contributed by atoms with Crippen LogP contribution in [-0.4, -0.2) is 23.0 Å². The second-order valence-electron chi connectivity index (χ2n) is 6.64. The summed E-state index contributed by atoms with van der Waals surface area (Å²) in [5.41, 5.74) is 4.83. The highest BCUT2D eigenvalue weighted by molar-refractivity contribution is 6.02. The highest BCUT2D eigenvalue weighted by Crippen LogP contribution is 2.38. The fraction of sp³-hybridized carbons (Fsp3) is 0.238. The molecule has 0 fully saturated rings. The molecule has 1 aromatic heterocycles. The molecular formula is C21H22N4O3. The van der Waals surface area contributed by atoms with E-state index in [1.807, 2.05) is 49.4 Å². The number of aromatic amines is 1. The van der Waals surface area contributed by atoms with Gasteiger partial charge in [0.1, 0.15) is 5.69 Å². The average Bonchev–Trinajstić information content (AvgIpc) is 3.30. The minimum atomic E-state index is -0.310. The highest BCUT2D eigenvalue weighted by atomic mass is 16.7. The van der Waals surface area contributed by atoms with E-state index in [-0.39, 0.29) is 12.8 Å². The number of hydrogen-bond donors (Lipinski definition) is 3. The Hall–Kier alpha value is -3.48. The Labute approximate surface area is 163 Å². The zero-order valence-corrected chi connectivity index (χ0v) is 15.8. The lowest BCUT2D eigenvalue weighted by Gasteiger charge is -2.11. The minimum Gasteiger partial charge on any atom is -0.454 e. The molecule has 0 radical (unpaired) electrons. The van der Waals surface area contributed by atoms with Crippen LogP contribution in [-0.2, 0) is 6.42 Å². The van der Waals surface area contributed by atoms with E-state index in [1.165, 1.54) is 0 Å². The van der Waals surface area contributed by atoms with Gasteiger partial charge < -0.3 is 20.1 Å². The summed E-state index contributed by atoms with van der Waals surface area (Å²) in [6.07, 6.45) is 1.70. The second-order valence-corrected chi connectivity index (χ2v) is 6.64. The molecule has 0 bridgehead atoms. The SMILES string of the molecule is CCCc1[nH]nc(-c2ccc3c(c2)OCO3)c1NC(=O)Nc1ccccc1C. The van der Waals surface area contributed by atoms with E-state index in [0.29, 0.717) is 22.9 Å². The quantitative estimate of drug-likeness (QED) is 0.600. The number of urea groups is 1. The van der Waals surface area contributed by atoms with Gasteiger partial charge in [-0.3, -0.25) is 5.10 Å². The van der Waals surface area contributed by atoms with Crippen molar-refractivity contribution in [1.29, 1.82) is 0 Å². The first kappa shape index (κ1) is 17.9. The standard InChI is InChI=1S/C21H22N4O3/c1-3-6-16-20(23-21(26)22-15-8-5-4-7-13(15)2)19(25-24-16)14-9-10-17-18(11-14)28-12-27-17/h4-5,7-11H,3,6,12H2,1-2H3,(H,24,25)(H2,22,23,26). The van der Waals surface area contributed by atoms with Crippen molar-refractivity contribution in [3.05, 3.63) is 53.7 Å². The van der Waals surface area contributed by atoms with E-state index < -0.39 is 0 Å². The fourth-order valence-corrected chi connectivity index (χ4v) is 3.18. The summed E-state index contributed by atoms with van der Waals surface area (Å²) in [6.45, 7) is 4.25. The van der Waals surface area contributed by atoms with Crippen molar-refractivity contribution < 1.29 is 14.3 Å². The predicted octanol–water partition coefficient (Wildman–Crippen LogP) is 4.71. The number of carbonyl (C=O) groups excluding carboxylic acids is 1. The Morgan fingerprint density at radius 3 is 2.79 bits per heavy atom. The largest absolute Gasteiger partial charge is 0.454 e. The van der Waals surface area contributed by atoms with Gasteiger partial charge in [0.25, 0.3) is 0 Å². The Morgan fingerprint density at radius 1 is 1.14 bits per heavy atom. The molecule has 144 valence electrons. The van der Waals surface area contributed by atoms with Crippen LogP contribution in [0.15, 0.2) is 42.5 Å². The van der Waals surface area contributed by atoms with Crippen molar-refractivity contribution in [2.45, 2.75) is 26.7 Å².